The fraction of sp³-hybridized carbons (Fsp3) is 0.889. The highest BCUT2D eigenvalue weighted by atomic mass is 16.5. The number of nitrogens with zero attached hydrogens (tertiary/aromatic N) is 2. The van der Waals surface area contributed by atoms with Gasteiger partial charge in [0.1, 0.15) is 0 Å². The lowest BCUT2D eigenvalue weighted by Crippen LogP contribution is -2.54. The van der Waals surface area contributed by atoms with Crippen LogP contribution in [0.5, 0.6) is 0 Å². The molecule has 6 nitrogen and oxygen atoms in total. The van der Waals surface area contributed by atoms with Crippen LogP contribution in [0.1, 0.15) is 52.4 Å². The number of amides is 2. The topological polar surface area (TPSA) is 61.9 Å². The van der Waals surface area contributed by atoms with E-state index in [1.165, 1.54) is 0 Å². The van der Waals surface area contributed by atoms with Crippen molar-refractivity contribution < 1.29 is 14.3 Å². The monoisotopic (exact) mass is 337 g/mol. The molecular formula is C18H31N3O3. The summed E-state index contributed by atoms with van der Waals surface area (Å²) in [6, 6.07) is 0.451. The Morgan fingerprint density at radius 3 is 2.58 bits per heavy atom. The van der Waals surface area contributed by atoms with Crippen LogP contribution in [0.15, 0.2) is 0 Å². The Hall–Kier alpha value is -1.14. The zero-order valence-corrected chi connectivity index (χ0v) is 15.0. The van der Waals surface area contributed by atoms with Gasteiger partial charge in [0.25, 0.3) is 0 Å². The van der Waals surface area contributed by atoms with Crippen LogP contribution in [0.4, 0.5) is 0 Å². The van der Waals surface area contributed by atoms with E-state index in [4.69, 9.17) is 4.74 Å². The highest BCUT2D eigenvalue weighted by molar-refractivity contribution is 5.81. The minimum atomic E-state index is -0.145. The summed E-state index contributed by atoms with van der Waals surface area (Å²) < 4.78 is 5.58. The molecule has 1 N–H and O–H groups in total. The average molecular weight is 337 g/mol. The second kappa shape index (κ2) is 7.83. The van der Waals surface area contributed by atoms with Crippen molar-refractivity contribution in [3.05, 3.63) is 0 Å². The fourth-order valence-corrected chi connectivity index (χ4v) is 4.61. The SMILES string of the molecule is CC(=O)N1CCCC1C1CCCN1C(C)C(=O)NCC1CCCO1. The highest BCUT2D eigenvalue weighted by Crippen LogP contribution is 2.31. The molecule has 6 heteroatoms. The largest absolute Gasteiger partial charge is 0.376 e. The van der Waals surface area contributed by atoms with E-state index in [9.17, 15) is 9.59 Å². The van der Waals surface area contributed by atoms with Gasteiger partial charge in [-0.3, -0.25) is 14.5 Å². The van der Waals surface area contributed by atoms with Gasteiger partial charge in [-0.15, -0.1) is 0 Å². The van der Waals surface area contributed by atoms with Crippen LogP contribution in [-0.2, 0) is 14.3 Å². The summed E-state index contributed by atoms with van der Waals surface area (Å²) in [5.74, 6) is 0.254. The van der Waals surface area contributed by atoms with Crippen molar-refractivity contribution in [3.8, 4) is 0 Å². The molecule has 0 aromatic heterocycles. The average Bonchev–Trinajstić information content (AvgIpc) is 3.31. The quantitative estimate of drug-likeness (QED) is 0.817. The molecule has 0 radical (unpaired) electrons. The number of nitrogens with one attached hydrogen (secondary N) is 1. The van der Waals surface area contributed by atoms with E-state index in [0.717, 1.165) is 58.2 Å². The molecule has 0 aliphatic carbocycles. The highest BCUT2D eigenvalue weighted by Gasteiger charge is 2.41. The van der Waals surface area contributed by atoms with Gasteiger partial charge >= 0.3 is 0 Å². The predicted molar refractivity (Wildman–Crippen MR) is 91.6 cm³/mol. The second-order valence-corrected chi connectivity index (χ2v) is 7.43. The third-order valence-electron chi connectivity index (χ3n) is 5.89. The summed E-state index contributed by atoms with van der Waals surface area (Å²) in [4.78, 5) is 28.8. The van der Waals surface area contributed by atoms with Crippen LogP contribution in [0.25, 0.3) is 0 Å². The van der Waals surface area contributed by atoms with Crippen molar-refractivity contribution in [1.82, 2.24) is 15.1 Å². The van der Waals surface area contributed by atoms with Gasteiger partial charge in [0.05, 0.1) is 12.1 Å². The van der Waals surface area contributed by atoms with Gasteiger partial charge in [-0.25, -0.2) is 0 Å². The van der Waals surface area contributed by atoms with Gasteiger partial charge in [-0.2, -0.15) is 0 Å². The van der Waals surface area contributed by atoms with Gasteiger partial charge in [0.15, 0.2) is 0 Å². The van der Waals surface area contributed by atoms with Crippen LogP contribution in [0.3, 0.4) is 0 Å². The molecule has 3 aliphatic rings. The molecule has 3 fully saturated rings. The Morgan fingerprint density at radius 2 is 1.88 bits per heavy atom. The van der Waals surface area contributed by atoms with Crippen LogP contribution in [0, 0.1) is 0 Å². The zero-order valence-electron chi connectivity index (χ0n) is 15.0. The maximum atomic E-state index is 12.6. The first-order chi connectivity index (χ1) is 11.6. The maximum Gasteiger partial charge on any atom is 0.237 e. The third-order valence-corrected chi connectivity index (χ3v) is 5.89. The molecule has 2 amide bonds. The molecule has 0 bridgehead atoms. The van der Waals surface area contributed by atoms with Gasteiger partial charge in [-0.1, -0.05) is 0 Å². The summed E-state index contributed by atoms with van der Waals surface area (Å²) in [5.41, 5.74) is 0. The number of carbonyl (C=O) groups is 2. The number of likely N-dealkylation sites (tertiary alicyclic amines) is 2. The Kier molecular flexibility index (Phi) is 5.76. The van der Waals surface area contributed by atoms with Crippen molar-refractivity contribution in [1.29, 1.82) is 0 Å². The Balaban J connectivity index is 1.57. The molecule has 0 aromatic rings. The summed E-state index contributed by atoms with van der Waals surface area (Å²) in [6.45, 7) is 6.90. The molecule has 4 atom stereocenters. The van der Waals surface area contributed by atoms with Crippen LogP contribution >= 0.6 is 0 Å². The molecule has 3 heterocycles. The van der Waals surface area contributed by atoms with Crippen LogP contribution in [-0.4, -0.2) is 72.1 Å². The number of hydrogen-bond donors (Lipinski definition) is 1. The first-order valence-electron chi connectivity index (χ1n) is 9.50. The van der Waals surface area contributed by atoms with E-state index < -0.39 is 0 Å². The Labute approximate surface area is 144 Å². The molecule has 3 rings (SSSR count). The summed E-state index contributed by atoms with van der Waals surface area (Å²) in [6.07, 6.45) is 6.63. The smallest absolute Gasteiger partial charge is 0.237 e. The lowest BCUT2D eigenvalue weighted by atomic mass is 10.0. The van der Waals surface area contributed by atoms with Crippen molar-refractivity contribution >= 4 is 11.8 Å². The molecular weight excluding hydrogens is 306 g/mol. The van der Waals surface area contributed by atoms with Crippen molar-refractivity contribution in [2.24, 2.45) is 0 Å². The van der Waals surface area contributed by atoms with Crippen molar-refractivity contribution in [2.75, 3.05) is 26.2 Å². The first-order valence-corrected chi connectivity index (χ1v) is 9.50. The van der Waals surface area contributed by atoms with Crippen LogP contribution in [0.2, 0.25) is 0 Å². The second-order valence-electron chi connectivity index (χ2n) is 7.43. The van der Waals surface area contributed by atoms with Gasteiger partial charge in [0, 0.05) is 38.7 Å². The lowest BCUT2D eigenvalue weighted by Gasteiger charge is -2.37. The minimum absolute atomic E-state index is 0.0878. The zero-order chi connectivity index (χ0) is 17.1. The van der Waals surface area contributed by atoms with E-state index in [2.05, 4.69) is 10.2 Å². The molecule has 0 spiro atoms. The van der Waals surface area contributed by atoms with Crippen molar-refractivity contribution in [3.63, 3.8) is 0 Å². The van der Waals surface area contributed by atoms with E-state index in [-0.39, 0.29) is 30.0 Å². The first kappa shape index (κ1) is 17.7. The van der Waals surface area contributed by atoms with E-state index in [1.54, 1.807) is 6.92 Å². The predicted octanol–water partition coefficient (Wildman–Crippen LogP) is 1.15. The fourth-order valence-electron chi connectivity index (χ4n) is 4.61. The van der Waals surface area contributed by atoms with Gasteiger partial charge in [-0.05, 0) is 52.0 Å². The van der Waals surface area contributed by atoms with Gasteiger partial charge < -0.3 is 15.0 Å². The standard InChI is InChI=1S/C18H31N3O3/c1-13(18(23)19-12-15-6-5-11-24-15)20-9-3-7-16(20)17-8-4-10-21(17)14(2)22/h13,15-17H,3-12H2,1-2H3,(H,19,23). The number of ether oxygens (including phenoxy) is 1. The van der Waals surface area contributed by atoms with Crippen molar-refractivity contribution in [2.45, 2.75) is 76.6 Å². The minimum Gasteiger partial charge on any atom is -0.376 e. The normalized spacial score (nSPS) is 32.2. The molecule has 0 saturated carbocycles. The summed E-state index contributed by atoms with van der Waals surface area (Å²) >= 11 is 0. The number of carbonyl (C=O) groups excluding carboxylic acids is 2. The third kappa shape index (κ3) is 3.75. The molecule has 4 unspecified atom stereocenters. The summed E-state index contributed by atoms with van der Waals surface area (Å²) in [5, 5.41) is 3.06. The van der Waals surface area contributed by atoms with Gasteiger partial charge in [0.2, 0.25) is 11.8 Å². The van der Waals surface area contributed by atoms with E-state index in [0.29, 0.717) is 12.6 Å². The maximum absolute atomic E-state index is 12.6. The summed E-state index contributed by atoms with van der Waals surface area (Å²) in [7, 11) is 0. The Bertz CT molecular complexity index is 464. The molecule has 24 heavy (non-hydrogen) atoms. The number of hydrogen-bond acceptors (Lipinski definition) is 4. The molecule has 3 saturated heterocycles. The van der Waals surface area contributed by atoms with Crippen LogP contribution < -0.4 is 5.32 Å². The molecule has 136 valence electrons. The lowest BCUT2D eigenvalue weighted by molar-refractivity contribution is -0.131. The molecule has 3 aliphatic heterocycles. The van der Waals surface area contributed by atoms with E-state index >= 15 is 0 Å². The molecule has 0 aromatic carbocycles. The van der Waals surface area contributed by atoms with E-state index in [1.807, 2.05) is 11.8 Å². The Morgan fingerprint density at radius 1 is 1.12 bits per heavy atom. The number of rotatable bonds is 5.